The highest BCUT2D eigenvalue weighted by Gasteiger charge is 2.16. The fourth-order valence-electron chi connectivity index (χ4n) is 2.22. The number of aryl methyl sites for hydroxylation is 1. The molecule has 0 bridgehead atoms. The van der Waals surface area contributed by atoms with Gasteiger partial charge in [-0.25, -0.2) is 4.98 Å². The van der Waals surface area contributed by atoms with Crippen LogP contribution in [0.15, 0.2) is 30.6 Å². The average Bonchev–Trinajstić information content (AvgIpc) is 2.94. The van der Waals surface area contributed by atoms with Crippen LogP contribution in [0.4, 0.5) is 0 Å². The highest BCUT2D eigenvalue weighted by atomic mass is 16.5. The first-order valence-corrected chi connectivity index (χ1v) is 6.69. The summed E-state index contributed by atoms with van der Waals surface area (Å²) in [5.41, 5.74) is 7.28. The standard InChI is InChI=1S/C15H21N3O2/c1-4-8-18-9-7-17-15(18)14(16)11-5-6-12(19-2)13(10-11)20-3/h5-7,9-10,14H,4,8,16H2,1-3H3. The summed E-state index contributed by atoms with van der Waals surface area (Å²) in [5.74, 6) is 2.23. The minimum absolute atomic E-state index is 0.281. The second-order valence-corrected chi connectivity index (χ2v) is 4.57. The van der Waals surface area contributed by atoms with Gasteiger partial charge in [0.25, 0.3) is 0 Å². The number of methoxy groups -OCH3 is 2. The highest BCUT2D eigenvalue weighted by Crippen LogP contribution is 2.30. The lowest BCUT2D eigenvalue weighted by molar-refractivity contribution is 0.354. The van der Waals surface area contributed by atoms with Crippen molar-refractivity contribution >= 4 is 0 Å². The molecule has 2 N–H and O–H groups in total. The Hall–Kier alpha value is -2.01. The molecule has 0 saturated heterocycles. The Morgan fingerprint density at radius 2 is 2.00 bits per heavy atom. The van der Waals surface area contributed by atoms with Crippen molar-refractivity contribution in [3.05, 3.63) is 42.0 Å². The largest absolute Gasteiger partial charge is 0.493 e. The van der Waals surface area contributed by atoms with Crippen LogP contribution in [0, 0.1) is 0 Å². The van der Waals surface area contributed by atoms with Crippen molar-refractivity contribution < 1.29 is 9.47 Å². The third-order valence-corrected chi connectivity index (χ3v) is 3.26. The molecule has 108 valence electrons. The van der Waals surface area contributed by atoms with Crippen molar-refractivity contribution in [1.82, 2.24) is 9.55 Å². The number of imidazole rings is 1. The van der Waals surface area contributed by atoms with Crippen molar-refractivity contribution in [1.29, 1.82) is 0 Å². The number of hydrogen-bond donors (Lipinski definition) is 1. The maximum Gasteiger partial charge on any atom is 0.161 e. The minimum atomic E-state index is -0.281. The minimum Gasteiger partial charge on any atom is -0.493 e. The van der Waals surface area contributed by atoms with E-state index in [0.717, 1.165) is 24.4 Å². The van der Waals surface area contributed by atoms with Crippen molar-refractivity contribution in [2.75, 3.05) is 14.2 Å². The topological polar surface area (TPSA) is 62.3 Å². The molecular weight excluding hydrogens is 254 g/mol. The Labute approximate surface area is 119 Å². The van der Waals surface area contributed by atoms with Gasteiger partial charge in [0.15, 0.2) is 11.5 Å². The van der Waals surface area contributed by atoms with Crippen molar-refractivity contribution in [3.8, 4) is 11.5 Å². The molecule has 20 heavy (non-hydrogen) atoms. The third kappa shape index (κ3) is 2.77. The average molecular weight is 275 g/mol. The Balaban J connectivity index is 2.32. The maximum atomic E-state index is 6.33. The van der Waals surface area contributed by atoms with E-state index in [2.05, 4.69) is 16.5 Å². The van der Waals surface area contributed by atoms with Gasteiger partial charge in [-0.15, -0.1) is 0 Å². The molecular formula is C15H21N3O2. The van der Waals surface area contributed by atoms with Gasteiger partial charge < -0.3 is 19.8 Å². The molecule has 1 heterocycles. The second-order valence-electron chi connectivity index (χ2n) is 4.57. The van der Waals surface area contributed by atoms with E-state index in [0.29, 0.717) is 11.5 Å². The van der Waals surface area contributed by atoms with E-state index in [1.54, 1.807) is 20.4 Å². The summed E-state index contributed by atoms with van der Waals surface area (Å²) < 4.78 is 12.6. The zero-order valence-electron chi connectivity index (χ0n) is 12.2. The van der Waals surface area contributed by atoms with E-state index in [9.17, 15) is 0 Å². The van der Waals surface area contributed by atoms with Crippen LogP contribution in [0.3, 0.4) is 0 Å². The van der Waals surface area contributed by atoms with Gasteiger partial charge in [-0.2, -0.15) is 0 Å². The van der Waals surface area contributed by atoms with Crippen LogP contribution in [0.2, 0.25) is 0 Å². The number of benzene rings is 1. The molecule has 0 aliphatic heterocycles. The fraction of sp³-hybridized carbons (Fsp3) is 0.400. The summed E-state index contributed by atoms with van der Waals surface area (Å²) in [6.07, 6.45) is 4.78. The van der Waals surface area contributed by atoms with Gasteiger partial charge >= 0.3 is 0 Å². The first-order chi connectivity index (χ1) is 9.71. The monoisotopic (exact) mass is 275 g/mol. The van der Waals surface area contributed by atoms with Crippen LogP contribution in [-0.4, -0.2) is 23.8 Å². The van der Waals surface area contributed by atoms with Gasteiger partial charge in [-0.05, 0) is 24.1 Å². The summed E-state index contributed by atoms with van der Waals surface area (Å²) in [4.78, 5) is 4.38. The Bertz CT molecular complexity index is 566. The molecule has 0 radical (unpaired) electrons. The molecule has 1 aromatic carbocycles. The fourth-order valence-corrected chi connectivity index (χ4v) is 2.22. The van der Waals surface area contributed by atoms with Crippen LogP contribution in [0.1, 0.15) is 30.8 Å². The Morgan fingerprint density at radius 3 is 2.65 bits per heavy atom. The summed E-state index contributed by atoms with van der Waals surface area (Å²) in [7, 11) is 3.23. The molecule has 0 spiro atoms. The molecule has 1 unspecified atom stereocenters. The molecule has 5 heteroatoms. The second kappa shape index (κ2) is 6.43. The van der Waals surface area contributed by atoms with Crippen LogP contribution >= 0.6 is 0 Å². The lowest BCUT2D eigenvalue weighted by Crippen LogP contribution is -2.18. The van der Waals surface area contributed by atoms with Crippen LogP contribution in [0.5, 0.6) is 11.5 Å². The number of hydrogen-bond acceptors (Lipinski definition) is 4. The summed E-state index contributed by atoms with van der Waals surface area (Å²) in [6.45, 7) is 3.04. The van der Waals surface area contributed by atoms with Gasteiger partial charge in [0.1, 0.15) is 5.82 Å². The van der Waals surface area contributed by atoms with E-state index in [4.69, 9.17) is 15.2 Å². The normalized spacial score (nSPS) is 12.2. The molecule has 0 aliphatic carbocycles. The molecule has 0 fully saturated rings. The smallest absolute Gasteiger partial charge is 0.161 e. The van der Waals surface area contributed by atoms with Gasteiger partial charge in [0.2, 0.25) is 0 Å². The number of rotatable bonds is 6. The van der Waals surface area contributed by atoms with Gasteiger partial charge in [0.05, 0.1) is 20.3 Å². The number of nitrogens with two attached hydrogens (primary N) is 1. The van der Waals surface area contributed by atoms with E-state index >= 15 is 0 Å². The zero-order valence-corrected chi connectivity index (χ0v) is 12.2. The lowest BCUT2D eigenvalue weighted by atomic mass is 10.1. The molecule has 2 rings (SSSR count). The molecule has 2 aromatic rings. The van der Waals surface area contributed by atoms with Crippen LogP contribution < -0.4 is 15.2 Å². The number of ether oxygens (including phenoxy) is 2. The quantitative estimate of drug-likeness (QED) is 0.879. The molecule has 5 nitrogen and oxygen atoms in total. The van der Waals surface area contributed by atoms with Gasteiger partial charge in [-0.3, -0.25) is 0 Å². The molecule has 0 amide bonds. The lowest BCUT2D eigenvalue weighted by Gasteiger charge is -2.16. The predicted octanol–water partition coefficient (Wildman–Crippen LogP) is 2.36. The first kappa shape index (κ1) is 14.4. The van der Waals surface area contributed by atoms with Gasteiger partial charge in [0, 0.05) is 18.9 Å². The van der Waals surface area contributed by atoms with Crippen molar-refractivity contribution in [2.45, 2.75) is 25.9 Å². The Kier molecular flexibility index (Phi) is 4.63. The van der Waals surface area contributed by atoms with Crippen LogP contribution in [-0.2, 0) is 6.54 Å². The van der Waals surface area contributed by atoms with E-state index in [1.165, 1.54) is 0 Å². The SMILES string of the molecule is CCCn1ccnc1C(N)c1ccc(OC)c(OC)c1. The summed E-state index contributed by atoms with van der Waals surface area (Å²) in [5, 5.41) is 0. The predicted molar refractivity (Wildman–Crippen MR) is 78.1 cm³/mol. The maximum absolute atomic E-state index is 6.33. The molecule has 0 saturated carbocycles. The van der Waals surface area contributed by atoms with Crippen molar-refractivity contribution in [3.63, 3.8) is 0 Å². The van der Waals surface area contributed by atoms with E-state index in [1.807, 2.05) is 24.4 Å². The van der Waals surface area contributed by atoms with E-state index < -0.39 is 0 Å². The molecule has 1 aromatic heterocycles. The summed E-state index contributed by atoms with van der Waals surface area (Å²) >= 11 is 0. The summed E-state index contributed by atoms with van der Waals surface area (Å²) in [6, 6.07) is 5.42. The highest BCUT2D eigenvalue weighted by molar-refractivity contribution is 5.44. The first-order valence-electron chi connectivity index (χ1n) is 6.69. The molecule has 1 atom stereocenters. The van der Waals surface area contributed by atoms with Crippen molar-refractivity contribution in [2.24, 2.45) is 5.73 Å². The number of aromatic nitrogens is 2. The van der Waals surface area contributed by atoms with Crippen LogP contribution in [0.25, 0.3) is 0 Å². The zero-order chi connectivity index (χ0) is 14.5. The molecule has 0 aliphatic rings. The Morgan fingerprint density at radius 1 is 1.25 bits per heavy atom. The third-order valence-electron chi connectivity index (χ3n) is 3.26. The van der Waals surface area contributed by atoms with Gasteiger partial charge in [-0.1, -0.05) is 13.0 Å². The number of nitrogens with zero attached hydrogens (tertiary/aromatic N) is 2. The van der Waals surface area contributed by atoms with E-state index in [-0.39, 0.29) is 6.04 Å².